The number of carbonyl (C=O) groups excluding carboxylic acids is 1. The maximum absolute atomic E-state index is 14.1. The van der Waals surface area contributed by atoms with Crippen LogP contribution in [0.4, 0.5) is 4.39 Å². The maximum Gasteiger partial charge on any atom is 0.133 e. The highest BCUT2D eigenvalue weighted by atomic mass is 19.1. The number of ketones is 1. The van der Waals surface area contributed by atoms with Gasteiger partial charge in [0.1, 0.15) is 11.6 Å². The van der Waals surface area contributed by atoms with E-state index < -0.39 is 5.41 Å². The van der Waals surface area contributed by atoms with Crippen molar-refractivity contribution in [3.05, 3.63) is 35.6 Å². The molecule has 0 spiro atoms. The first-order valence-electron chi connectivity index (χ1n) is 7.45. The van der Waals surface area contributed by atoms with Gasteiger partial charge in [-0.3, -0.25) is 4.79 Å². The summed E-state index contributed by atoms with van der Waals surface area (Å²) < 4.78 is 14.1. The molecular weight excluding hydrogens is 251 g/mol. The van der Waals surface area contributed by atoms with Crippen LogP contribution < -0.4 is 0 Å². The van der Waals surface area contributed by atoms with Crippen LogP contribution in [0.2, 0.25) is 0 Å². The van der Waals surface area contributed by atoms with E-state index in [9.17, 15) is 9.18 Å². The lowest BCUT2D eigenvalue weighted by molar-refractivity contribution is -0.121. The van der Waals surface area contributed by atoms with Crippen molar-refractivity contribution in [1.29, 1.82) is 0 Å². The number of hydrogen-bond donors (Lipinski definition) is 0. The van der Waals surface area contributed by atoms with Crippen LogP contribution in [0.5, 0.6) is 0 Å². The first-order chi connectivity index (χ1) is 9.68. The van der Waals surface area contributed by atoms with Gasteiger partial charge in [-0.2, -0.15) is 0 Å². The van der Waals surface area contributed by atoms with Gasteiger partial charge < -0.3 is 0 Å². The van der Waals surface area contributed by atoms with Crippen molar-refractivity contribution in [2.24, 2.45) is 0 Å². The minimum atomic E-state index is -0.465. The average molecular weight is 272 g/mol. The molecule has 1 saturated carbocycles. The van der Waals surface area contributed by atoms with Gasteiger partial charge in [0.15, 0.2) is 0 Å². The van der Waals surface area contributed by atoms with Crippen LogP contribution in [0.15, 0.2) is 24.3 Å². The summed E-state index contributed by atoms with van der Waals surface area (Å²) in [5, 5.41) is 0. The van der Waals surface area contributed by atoms with Gasteiger partial charge in [0.25, 0.3) is 0 Å². The molecule has 0 unspecified atom stereocenters. The topological polar surface area (TPSA) is 17.1 Å². The van der Waals surface area contributed by atoms with E-state index in [2.05, 4.69) is 18.8 Å². The molecule has 0 N–H and O–H groups in total. The smallest absolute Gasteiger partial charge is 0.133 e. The Kier molecular flexibility index (Phi) is 4.95. The minimum absolute atomic E-state index is 0.202. The van der Waals surface area contributed by atoms with Gasteiger partial charge in [0.2, 0.25) is 0 Å². The summed E-state index contributed by atoms with van der Waals surface area (Å²) in [6.45, 7) is 2.13. The summed E-state index contributed by atoms with van der Waals surface area (Å²) in [6, 6.07) is 6.86. The van der Waals surface area contributed by atoms with E-state index in [-0.39, 0.29) is 11.6 Å². The van der Waals surface area contributed by atoms with Crippen molar-refractivity contribution in [1.82, 2.24) is 0 Å². The Morgan fingerprint density at radius 1 is 1.25 bits per heavy atom. The SMILES string of the molecule is CCCCC#CC1(c2ccccc2F)CCC(=O)CC1. The van der Waals surface area contributed by atoms with Gasteiger partial charge in [0.05, 0.1) is 5.41 Å². The summed E-state index contributed by atoms with van der Waals surface area (Å²) in [7, 11) is 0. The molecule has 0 aliphatic heterocycles. The number of halogens is 1. The fraction of sp³-hybridized carbons (Fsp3) is 0.500. The number of hydrogen-bond acceptors (Lipinski definition) is 1. The second-order valence-corrected chi connectivity index (χ2v) is 5.51. The van der Waals surface area contributed by atoms with Crippen molar-refractivity contribution in [3.63, 3.8) is 0 Å². The molecule has 0 bridgehead atoms. The van der Waals surface area contributed by atoms with E-state index in [1.807, 2.05) is 12.1 Å². The molecule has 0 amide bonds. The summed E-state index contributed by atoms with van der Waals surface area (Å²) >= 11 is 0. The molecule has 1 fully saturated rings. The Morgan fingerprint density at radius 2 is 1.95 bits per heavy atom. The maximum atomic E-state index is 14.1. The number of carbonyl (C=O) groups is 1. The highest BCUT2D eigenvalue weighted by Crippen LogP contribution is 2.39. The van der Waals surface area contributed by atoms with Gasteiger partial charge in [-0.05, 0) is 25.3 Å². The molecule has 1 nitrogen and oxygen atoms in total. The Morgan fingerprint density at radius 3 is 2.60 bits per heavy atom. The van der Waals surface area contributed by atoms with Gasteiger partial charge in [-0.15, -0.1) is 5.92 Å². The molecule has 0 aromatic heterocycles. The molecule has 2 heteroatoms. The molecule has 1 aliphatic carbocycles. The number of Topliss-reactive ketones (excluding diaryl/α,β-unsaturated/α-hetero) is 1. The third-order valence-electron chi connectivity index (χ3n) is 4.03. The Balaban J connectivity index is 2.31. The Labute approximate surface area is 120 Å². The molecule has 1 aromatic carbocycles. The largest absolute Gasteiger partial charge is 0.300 e. The highest BCUT2D eigenvalue weighted by molar-refractivity contribution is 5.80. The third kappa shape index (κ3) is 3.28. The van der Waals surface area contributed by atoms with Crippen molar-refractivity contribution >= 4 is 5.78 Å². The van der Waals surface area contributed by atoms with E-state index in [1.54, 1.807) is 6.07 Å². The normalized spacial score (nSPS) is 17.4. The first-order valence-corrected chi connectivity index (χ1v) is 7.45. The van der Waals surface area contributed by atoms with Gasteiger partial charge in [0, 0.05) is 24.8 Å². The van der Waals surface area contributed by atoms with E-state index in [1.165, 1.54) is 6.07 Å². The molecule has 106 valence electrons. The standard InChI is InChI=1S/C18H21FO/c1-2-3-4-7-12-18(13-10-15(20)11-14-18)16-8-5-6-9-17(16)19/h5-6,8-9H,2-4,10-11,13-14H2,1H3. The van der Waals surface area contributed by atoms with Crippen molar-refractivity contribution in [2.75, 3.05) is 0 Å². The fourth-order valence-corrected chi connectivity index (χ4v) is 2.76. The zero-order valence-electron chi connectivity index (χ0n) is 12.0. The van der Waals surface area contributed by atoms with Crippen molar-refractivity contribution in [3.8, 4) is 11.8 Å². The predicted octanol–water partition coefficient (Wildman–Crippen LogP) is 4.40. The Bertz CT molecular complexity index is 526. The number of benzene rings is 1. The molecule has 1 aliphatic rings. The van der Waals surface area contributed by atoms with Crippen molar-refractivity contribution in [2.45, 2.75) is 57.3 Å². The monoisotopic (exact) mass is 272 g/mol. The number of rotatable bonds is 3. The molecule has 0 heterocycles. The quantitative estimate of drug-likeness (QED) is 0.589. The van der Waals surface area contributed by atoms with Crippen LogP contribution >= 0.6 is 0 Å². The van der Waals surface area contributed by atoms with Crippen LogP contribution in [0.25, 0.3) is 0 Å². The lowest BCUT2D eigenvalue weighted by Gasteiger charge is -2.32. The Hall–Kier alpha value is -1.62. The lowest BCUT2D eigenvalue weighted by atomic mass is 9.69. The molecule has 0 saturated heterocycles. The second-order valence-electron chi connectivity index (χ2n) is 5.51. The molecule has 0 radical (unpaired) electrons. The lowest BCUT2D eigenvalue weighted by Crippen LogP contribution is -2.31. The van der Waals surface area contributed by atoms with E-state index >= 15 is 0 Å². The van der Waals surface area contributed by atoms with Crippen LogP contribution in [0.1, 0.15) is 57.4 Å². The second kappa shape index (κ2) is 6.70. The average Bonchev–Trinajstić information content (AvgIpc) is 2.47. The van der Waals surface area contributed by atoms with Gasteiger partial charge in [-0.25, -0.2) is 4.39 Å². The van der Waals surface area contributed by atoms with Gasteiger partial charge >= 0.3 is 0 Å². The number of unbranched alkanes of at least 4 members (excludes halogenated alkanes) is 2. The fourth-order valence-electron chi connectivity index (χ4n) is 2.76. The summed E-state index contributed by atoms with van der Waals surface area (Å²) in [5.41, 5.74) is 0.198. The molecular formula is C18H21FO. The molecule has 20 heavy (non-hydrogen) atoms. The van der Waals surface area contributed by atoms with Gasteiger partial charge in [-0.1, -0.05) is 37.5 Å². The molecule has 0 atom stereocenters. The molecule has 1 aromatic rings. The highest BCUT2D eigenvalue weighted by Gasteiger charge is 2.36. The zero-order chi connectivity index (χ0) is 14.4. The first kappa shape index (κ1) is 14.8. The van der Waals surface area contributed by atoms with Crippen molar-refractivity contribution < 1.29 is 9.18 Å². The van der Waals surface area contributed by atoms with Crippen LogP contribution in [-0.2, 0) is 10.2 Å². The molecule has 2 rings (SSSR count). The third-order valence-corrected chi connectivity index (χ3v) is 4.03. The minimum Gasteiger partial charge on any atom is -0.300 e. The summed E-state index contributed by atoms with van der Waals surface area (Å²) in [5.74, 6) is 6.58. The van der Waals surface area contributed by atoms with E-state index in [4.69, 9.17) is 0 Å². The summed E-state index contributed by atoms with van der Waals surface area (Å²) in [6.07, 6.45) is 5.34. The van der Waals surface area contributed by atoms with Crippen LogP contribution in [0, 0.1) is 17.7 Å². The predicted molar refractivity (Wildman–Crippen MR) is 78.9 cm³/mol. The summed E-state index contributed by atoms with van der Waals surface area (Å²) in [4.78, 5) is 11.5. The van der Waals surface area contributed by atoms with Crippen LogP contribution in [-0.4, -0.2) is 5.78 Å². The van der Waals surface area contributed by atoms with E-state index in [0.717, 1.165) is 19.3 Å². The zero-order valence-corrected chi connectivity index (χ0v) is 12.0. The van der Waals surface area contributed by atoms with Crippen LogP contribution in [0.3, 0.4) is 0 Å². The van der Waals surface area contributed by atoms with E-state index in [0.29, 0.717) is 31.2 Å².